The predicted octanol–water partition coefficient (Wildman–Crippen LogP) is 3.12. The highest BCUT2D eigenvalue weighted by atomic mass is 16.6. The van der Waals surface area contributed by atoms with Crippen molar-refractivity contribution in [1.82, 2.24) is 4.98 Å². The predicted molar refractivity (Wildman–Crippen MR) is 71.1 cm³/mol. The van der Waals surface area contributed by atoms with Gasteiger partial charge in [-0.1, -0.05) is 0 Å². The summed E-state index contributed by atoms with van der Waals surface area (Å²) in [5.74, 6) is 1.41. The minimum Gasteiger partial charge on any atom is -0.444 e. The molecule has 6 heteroatoms. The fourth-order valence-corrected chi connectivity index (χ4v) is 1.76. The lowest BCUT2D eigenvalue weighted by Gasteiger charge is -2.05. The van der Waals surface area contributed by atoms with Crippen molar-refractivity contribution in [3.63, 3.8) is 0 Å². The third-order valence-corrected chi connectivity index (χ3v) is 2.91. The van der Waals surface area contributed by atoms with Crippen LogP contribution in [0.15, 0.2) is 22.6 Å². The van der Waals surface area contributed by atoms with E-state index in [2.05, 4.69) is 10.3 Å². The van der Waals surface area contributed by atoms with Gasteiger partial charge in [0, 0.05) is 17.3 Å². The lowest BCUT2D eigenvalue weighted by atomic mass is 10.2. The number of nitrogens with one attached hydrogen (secondary N) is 1. The van der Waals surface area contributed by atoms with Crippen molar-refractivity contribution in [2.24, 2.45) is 0 Å². The summed E-state index contributed by atoms with van der Waals surface area (Å²) < 4.78 is 5.45. The Morgan fingerprint density at radius 1 is 1.37 bits per heavy atom. The Balaban J connectivity index is 2.08. The molecule has 0 aliphatic rings. The van der Waals surface area contributed by atoms with E-state index in [9.17, 15) is 10.1 Å². The maximum Gasteiger partial charge on any atom is 0.272 e. The second-order valence-electron chi connectivity index (χ2n) is 4.36. The zero-order valence-electron chi connectivity index (χ0n) is 11.1. The molecule has 0 saturated heterocycles. The van der Waals surface area contributed by atoms with Gasteiger partial charge in [0.05, 0.1) is 17.2 Å². The van der Waals surface area contributed by atoms with Crippen molar-refractivity contribution in [2.45, 2.75) is 27.3 Å². The average molecular weight is 261 g/mol. The molecule has 100 valence electrons. The highest BCUT2D eigenvalue weighted by molar-refractivity contribution is 5.53. The molecule has 1 N–H and O–H groups in total. The van der Waals surface area contributed by atoms with Crippen LogP contribution in [-0.4, -0.2) is 9.91 Å². The summed E-state index contributed by atoms with van der Waals surface area (Å²) in [5.41, 5.74) is 2.41. The summed E-state index contributed by atoms with van der Waals surface area (Å²) in [7, 11) is 0. The van der Waals surface area contributed by atoms with E-state index in [4.69, 9.17) is 4.42 Å². The Morgan fingerprint density at radius 2 is 2.11 bits per heavy atom. The van der Waals surface area contributed by atoms with E-state index in [1.807, 2.05) is 13.8 Å². The van der Waals surface area contributed by atoms with Gasteiger partial charge in [-0.25, -0.2) is 4.98 Å². The summed E-state index contributed by atoms with van der Waals surface area (Å²) in [5, 5.41) is 13.8. The molecule has 19 heavy (non-hydrogen) atoms. The van der Waals surface area contributed by atoms with E-state index >= 15 is 0 Å². The Labute approximate surface area is 110 Å². The van der Waals surface area contributed by atoms with Gasteiger partial charge in [-0.3, -0.25) is 10.1 Å². The molecule has 2 rings (SSSR count). The Morgan fingerprint density at radius 3 is 2.63 bits per heavy atom. The molecule has 1 aromatic carbocycles. The maximum atomic E-state index is 10.7. The molecule has 0 atom stereocenters. The van der Waals surface area contributed by atoms with Crippen LogP contribution in [0.2, 0.25) is 0 Å². The van der Waals surface area contributed by atoms with Gasteiger partial charge >= 0.3 is 0 Å². The normalized spacial score (nSPS) is 10.5. The van der Waals surface area contributed by atoms with Crippen molar-refractivity contribution in [2.75, 3.05) is 5.32 Å². The van der Waals surface area contributed by atoms with Crippen molar-refractivity contribution in [3.8, 4) is 0 Å². The van der Waals surface area contributed by atoms with E-state index in [1.54, 1.807) is 19.1 Å². The van der Waals surface area contributed by atoms with Gasteiger partial charge in [0.25, 0.3) is 5.69 Å². The van der Waals surface area contributed by atoms with Crippen molar-refractivity contribution in [3.05, 3.63) is 51.2 Å². The first-order valence-electron chi connectivity index (χ1n) is 5.89. The topological polar surface area (TPSA) is 81.2 Å². The van der Waals surface area contributed by atoms with Crippen LogP contribution in [0.3, 0.4) is 0 Å². The van der Waals surface area contributed by atoms with Crippen molar-refractivity contribution < 1.29 is 9.34 Å². The zero-order valence-corrected chi connectivity index (χ0v) is 11.1. The lowest BCUT2D eigenvalue weighted by molar-refractivity contribution is -0.385. The van der Waals surface area contributed by atoms with Crippen LogP contribution in [0.4, 0.5) is 11.4 Å². The Hall–Kier alpha value is -2.37. The van der Waals surface area contributed by atoms with Crippen molar-refractivity contribution >= 4 is 11.4 Å². The molecule has 0 saturated carbocycles. The number of aryl methyl sites for hydroxylation is 3. The number of nitrogens with zero attached hydrogens (tertiary/aromatic N) is 2. The van der Waals surface area contributed by atoms with Gasteiger partial charge in [0.15, 0.2) is 0 Å². The molecule has 1 heterocycles. The molecule has 1 aromatic heterocycles. The van der Waals surface area contributed by atoms with Gasteiger partial charge in [0.2, 0.25) is 5.89 Å². The summed E-state index contributed by atoms with van der Waals surface area (Å²) in [6, 6.07) is 4.90. The first kappa shape index (κ1) is 13.1. The van der Waals surface area contributed by atoms with Gasteiger partial charge in [0.1, 0.15) is 5.76 Å². The number of hydrogen-bond donors (Lipinski definition) is 1. The highest BCUT2D eigenvalue weighted by Crippen LogP contribution is 2.22. The molecule has 0 radical (unpaired) electrons. The maximum absolute atomic E-state index is 10.7. The fourth-order valence-electron chi connectivity index (χ4n) is 1.76. The van der Waals surface area contributed by atoms with Crippen LogP contribution in [0, 0.1) is 30.9 Å². The largest absolute Gasteiger partial charge is 0.444 e. The lowest BCUT2D eigenvalue weighted by Crippen LogP contribution is -2.01. The van der Waals surface area contributed by atoms with Gasteiger partial charge < -0.3 is 9.73 Å². The van der Waals surface area contributed by atoms with E-state index < -0.39 is 0 Å². The Kier molecular flexibility index (Phi) is 3.50. The van der Waals surface area contributed by atoms with Crippen LogP contribution in [0.25, 0.3) is 0 Å². The summed E-state index contributed by atoms with van der Waals surface area (Å²) in [6.45, 7) is 5.91. The third kappa shape index (κ3) is 2.90. The monoisotopic (exact) mass is 261 g/mol. The standard InChI is InChI=1S/C13H15N3O3/c1-8-6-11(4-5-12(8)16(17)18)14-7-13-15-9(2)10(3)19-13/h4-6,14H,7H2,1-3H3. The average Bonchev–Trinajstić information content (AvgIpc) is 2.66. The van der Waals surface area contributed by atoms with Crippen LogP contribution >= 0.6 is 0 Å². The summed E-state index contributed by atoms with van der Waals surface area (Å²) in [6.07, 6.45) is 0. The molecule has 6 nitrogen and oxygen atoms in total. The quantitative estimate of drug-likeness (QED) is 0.675. The second kappa shape index (κ2) is 5.09. The third-order valence-electron chi connectivity index (χ3n) is 2.91. The number of anilines is 1. The first-order valence-corrected chi connectivity index (χ1v) is 5.89. The molecule has 0 spiro atoms. The number of nitro groups is 1. The summed E-state index contributed by atoms with van der Waals surface area (Å²) >= 11 is 0. The smallest absolute Gasteiger partial charge is 0.272 e. The number of oxazole rings is 1. The fraction of sp³-hybridized carbons (Fsp3) is 0.308. The molecule has 0 unspecified atom stereocenters. The molecule has 0 fully saturated rings. The first-order chi connectivity index (χ1) is 8.97. The second-order valence-corrected chi connectivity index (χ2v) is 4.36. The molecular formula is C13H15N3O3. The summed E-state index contributed by atoms with van der Waals surface area (Å²) in [4.78, 5) is 14.6. The van der Waals surface area contributed by atoms with Crippen LogP contribution in [-0.2, 0) is 6.54 Å². The molecule has 0 aliphatic carbocycles. The zero-order chi connectivity index (χ0) is 14.0. The van der Waals surface area contributed by atoms with Gasteiger partial charge in [-0.2, -0.15) is 0 Å². The van der Waals surface area contributed by atoms with Crippen LogP contribution < -0.4 is 5.32 Å². The molecular weight excluding hydrogens is 246 g/mol. The van der Waals surface area contributed by atoms with E-state index in [0.717, 1.165) is 17.1 Å². The number of rotatable bonds is 4. The van der Waals surface area contributed by atoms with E-state index in [-0.39, 0.29) is 10.6 Å². The van der Waals surface area contributed by atoms with Crippen LogP contribution in [0.1, 0.15) is 22.9 Å². The number of benzene rings is 1. The number of nitro benzene ring substituents is 1. The molecule has 2 aromatic rings. The van der Waals surface area contributed by atoms with E-state index in [1.165, 1.54) is 6.07 Å². The van der Waals surface area contributed by atoms with Gasteiger partial charge in [-0.05, 0) is 32.9 Å². The molecule has 0 amide bonds. The van der Waals surface area contributed by atoms with E-state index in [0.29, 0.717) is 18.0 Å². The minimum atomic E-state index is -0.389. The minimum absolute atomic E-state index is 0.119. The van der Waals surface area contributed by atoms with Gasteiger partial charge in [-0.15, -0.1) is 0 Å². The number of aromatic nitrogens is 1. The van der Waals surface area contributed by atoms with Crippen LogP contribution in [0.5, 0.6) is 0 Å². The Bertz CT molecular complexity index is 600. The number of hydrogen-bond acceptors (Lipinski definition) is 5. The van der Waals surface area contributed by atoms with Crippen molar-refractivity contribution in [1.29, 1.82) is 0 Å². The SMILES string of the molecule is Cc1cc(NCc2nc(C)c(C)o2)ccc1[N+](=O)[O-]. The highest BCUT2D eigenvalue weighted by Gasteiger charge is 2.10. The molecule has 0 bridgehead atoms. The molecule has 0 aliphatic heterocycles.